The van der Waals surface area contributed by atoms with Crippen molar-refractivity contribution in [2.45, 2.75) is 26.2 Å². The molecule has 3 aromatic carbocycles. The summed E-state index contributed by atoms with van der Waals surface area (Å²) in [6.07, 6.45) is 1.66. The van der Waals surface area contributed by atoms with Crippen LogP contribution in [0.4, 0.5) is 5.13 Å². The van der Waals surface area contributed by atoms with E-state index in [-0.39, 0.29) is 5.41 Å². The van der Waals surface area contributed by atoms with Crippen molar-refractivity contribution in [1.29, 1.82) is 0 Å². The van der Waals surface area contributed by atoms with Crippen molar-refractivity contribution < 1.29 is 14.3 Å². The van der Waals surface area contributed by atoms with Crippen LogP contribution in [0.5, 0.6) is 11.5 Å². The van der Waals surface area contributed by atoms with Gasteiger partial charge in [0.1, 0.15) is 0 Å². The number of thiazole rings is 1. The van der Waals surface area contributed by atoms with Gasteiger partial charge in [-0.3, -0.25) is 5.43 Å². The molecule has 1 heterocycles. The summed E-state index contributed by atoms with van der Waals surface area (Å²) in [7, 11) is 1.53. The Hall–Kier alpha value is -3.71. The number of hydrazone groups is 1. The fourth-order valence-electron chi connectivity index (χ4n) is 3.20. The highest BCUT2D eigenvalue weighted by Gasteiger charge is 2.16. The summed E-state index contributed by atoms with van der Waals surface area (Å²) >= 11 is 1.53. The molecule has 168 valence electrons. The van der Waals surface area contributed by atoms with Crippen LogP contribution >= 0.6 is 11.3 Å². The molecule has 0 atom stereocenters. The number of methoxy groups -OCH3 is 1. The van der Waals surface area contributed by atoms with E-state index in [0.29, 0.717) is 22.2 Å². The van der Waals surface area contributed by atoms with E-state index >= 15 is 0 Å². The summed E-state index contributed by atoms with van der Waals surface area (Å²) in [5, 5.41) is 4.97. The van der Waals surface area contributed by atoms with Gasteiger partial charge in [-0.15, -0.1) is 0 Å². The van der Waals surface area contributed by atoms with Crippen molar-refractivity contribution >= 4 is 38.9 Å². The number of aromatic nitrogens is 1. The molecular formula is C26H25N3O3S. The Balaban J connectivity index is 1.43. The van der Waals surface area contributed by atoms with Crippen molar-refractivity contribution in [3.8, 4) is 11.5 Å². The standard InChI is InChI=1S/C26H25N3O3S/c1-26(2,3)19-12-10-18(11-13-19)24(30)32-21-14-9-17(15-22(21)31-4)16-27-29-25-28-20-7-5-6-8-23(20)33-25/h5-16H,1-4H3,(H,28,29)/b27-16-. The molecule has 0 unspecified atom stereocenters. The second-order valence-corrected chi connectivity index (χ2v) is 9.51. The lowest BCUT2D eigenvalue weighted by atomic mass is 9.87. The zero-order valence-electron chi connectivity index (χ0n) is 19.0. The van der Waals surface area contributed by atoms with Gasteiger partial charge >= 0.3 is 5.97 Å². The first-order valence-corrected chi connectivity index (χ1v) is 11.3. The molecule has 0 saturated heterocycles. The molecule has 0 aliphatic carbocycles. The molecule has 0 fully saturated rings. The molecule has 0 amide bonds. The maximum Gasteiger partial charge on any atom is 0.343 e. The zero-order chi connectivity index (χ0) is 23.4. The van der Waals surface area contributed by atoms with Gasteiger partial charge in [0.15, 0.2) is 11.5 Å². The van der Waals surface area contributed by atoms with Crippen molar-refractivity contribution in [3.63, 3.8) is 0 Å². The zero-order valence-corrected chi connectivity index (χ0v) is 19.8. The van der Waals surface area contributed by atoms with Crippen molar-refractivity contribution in [2.24, 2.45) is 5.10 Å². The second-order valence-electron chi connectivity index (χ2n) is 8.48. The number of anilines is 1. The Morgan fingerprint density at radius 1 is 1.03 bits per heavy atom. The molecule has 33 heavy (non-hydrogen) atoms. The molecule has 6 nitrogen and oxygen atoms in total. The Morgan fingerprint density at radius 3 is 2.48 bits per heavy atom. The number of para-hydroxylation sites is 1. The van der Waals surface area contributed by atoms with Gasteiger partial charge in [0.25, 0.3) is 0 Å². The summed E-state index contributed by atoms with van der Waals surface area (Å²) in [6.45, 7) is 6.39. The van der Waals surface area contributed by atoms with E-state index in [0.717, 1.165) is 21.3 Å². The third-order valence-electron chi connectivity index (χ3n) is 5.04. The molecule has 1 N–H and O–H groups in total. The number of carbonyl (C=O) groups is 1. The molecule has 4 aromatic rings. The van der Waals surface area contributed by atoms with E-state index < -0.39 is 5.97 Å². The summed E-state index contributed by atoms with van der Waals surface area (Å²) in [5.74, 6) is 0.352. The van der Waals surface area contributed by atoms with Crippen LogP contribution in [0.15, 0.2) is 71.8 Å². The number of hydrogen-bond donors (Lipinski definition) is 1. The van der Waals surface area contributed by atoms with Gasteiger partial charge in [0, 0.05) is 0 Å². The molecule has 0 saturated carbocycles. The molecule has 0 bridgehead atoms. The Morgan fingerprint density at radius 2 is 1.79 bits per heavy atom. The number of benzene rings is 3. The molecule has 1 aromatic heterocycles. The van der Waals surface area contributed by atoms with Crippen LogP contribution in [0.1, 0.15) is 42.3 Å². The third-order valence-corrected chi connectivity index (χ3v) is 5.99. The number of nitrogens with one attached hydrogen (secondary N) is 1. The van der Waals surface area contributed by atoms with E-state index in [1.807, 2.05) is 36.4 Å². The summed E-state index contributed by atoms with van der Waals surface area (Å²) in [4.78, 5) is 17.1. The molecule has 0 aliphatic rings. The van der Waals surface area contributed by atoms with E-state index in [9.17, 15) is 4.79 Å². The predicted molar refractivity (Wildman–Crippen MR) is 134 cm³/mol. The predicted octanol–water partition coefficient (Wildman–Crippen LogP) is 6.27. The first kappa shape index (κ1) is 22.5. The number of ether oxygens (including phenoxy) is 2. The minimum Gasteiger partial charge on any atom is -0.493 e. The lowest BCUT2D eigenvalue weighted by molar-refractivity contribution is 0.0729. The molecule has 0 spiro atoms. The second kappa shape index (κ2) is 9.42. The molecule has 0 aliphatic heterocycles. The van der Waals surface area contributed by atoms with E-state index in [4.69, 9.17) is 9.47 Å². The highest BCUT2D eigenvalue weighted by molar-refractivity contribution is 7.22. The van der Waals surface area contributed by atoms with Crippen molar-refractivity contribution in [3.05, 3.63) is 83.4 Å². The third kappa shape index (κ3) is 5.38. The van der Waals surface area contributed by atoms with Gasteiger partial charge in [0.2, 0.25) is 5.13 Å². The van der Waals surface area contributed by atoms with Crippen LogP contribution in [-0.4, -0.2) is 24.3 Å². The minimum absolute atomic E-state index is 0.0188. The molecule has 7 heteroatoms. The highest BCUT2D eigenvalue weighted by Crippen LogP contribution is 2.29. The first-order chi connectivity index (χ1) is 15.8. The minimum atomic E-state index is -0.437. The molecular weight excluding hydrogens is 434 g/mol. The number of fused-ring (bicyclic) bond motifs is 1. The van der Waals surface area contributed by atoms with Gasteiger partial charge in [0.05, 0.1) is 29.1 Å². The summed E-state index contributed by atoms with van der Waals surface area (Å²) in [6, 6.07) is 20.6. The quantitative estimate of drug-likeness (QED) is 0.159. The van der Waals surface area contributed by atoms with Crippen LogP contribution in [-0.2, 0) is 5.41 Å². The number of nitrogens with zero attached hydrogens (tertiary/aromatic N) is 2. The average molecular weight is 460 g/mol. The number of rotatable bonds is 6. The average Bonchev–Trinajstić information content (AvgIpc) is 3.22. The van der Waals surface area contributed by atoms with E-state index in [1.165, 1.54) is 18.4 Å². The summed E-state index contributed by atoms with van der Waals surface area (Å²) < 4.78 is 12.1. The van der Waals surface area contributed by atoms with Crippen LogP contribution in [0.2, 0.25) is 0 Å². The van der Waals surface area contributed by atoms with Gasteiger partial charge < -0.3 is 9.47 Å². The molecule has 0 radical (unpaired) electrons. The van der Waals surface area contributed by atoms with Gasteiger partial charge in [-0.1, -0.05) is 56.4 Å². The van der Waals surface area contributed by atoms with Gasteiger partial charge in [-0.25, -0.2) is 9.78 Å². The molecule has 4 rings (SSSR count). The smallest absolute Gasteiger partial charge is 0.343 e. The van der Waals surface area contributed by atoms with Crippen molar-refractivity contribution in [1.82, 2.24) is 4.98 Å². The lowest BCUT2D eigenvalue weighted by Crippen LogP contribution is -2.13. The van der Waals surface area contributed by atoms with Crippen LogP contribution in [0, 0.1) is 0 Å². The largest absolute Gasteiger partial charge is 0.493 e. The van der Waals surface area contributed by atoms with E-state index in [2.05, 4.69) is 36.3 Å². The van der Waals surface area contributed by atoms with Crippen LogP contribution in [0.3, 0.4) is 0 Å². The van der Waals surface area contributed by atoms with Crippen molar-refractivity contribution in [2.75, 3.05) is 12.5 Å². The summed E-state index contributed by atoms with van der Waals surface area (Å²) in [5.41, 5.74) is 6.33. The SMILES string of the molecule is COc1cc(/C=N\Nc2nc3ccccc3s2)ccc1OC(=O)c1ccc(C(C)(C)C)cc1. The first-order valence-electron chi connectivity index (χ1n) is 10.5. The topological polar surface area (TPSA) is 72.8 Å². The fourth-order valence-corrected chi connectivity index (χ4v) is 4.01. The normalized spacial score (nSPS) is 11.6. The number of carbonyl (C=O) groups excluding carboxylic acids is 1. The highest BCUT2D eigenvalue weighted by atomic mass is 32.1. The van der Waals surface area contributed by atoms with Gasteiger partial charge in [-0.05, 0) is 59.0 Å². The number of hydrogen-bond acceptors (Lipinski definition) is 7. The fraction of sp³-hybridized carbons (Fsp3) is 0.192. The van der Waals surface area contributed by atoms with Crippen LogP contribution < -0.4 is 14.9 Å². The monoisotopic (exact) mass is 459 g/mol. The Bertz CT molecular complexity index is 1270. The van der Waals surface area contributed by atoms with Gasteiger partial charge in [-0.2, -0.15) is 5.10 Å². The number of esters is 1. The lowest BCUT2D eigenvalue weighted by Gasteiger charge is -2.19. The maximum atomic E-state index is 12.6. The Labute approximate surface area is 196 Å². The Kier molecular flexibility index (Phi) is 6.42. The van der Waals surface area contributed by atoms with E-state index in [1.54, 1.807) is 36.5 Å². The maximum absolute atomic E-state index is 12.6. The van der Waals surface area contributed by atoms with Crippen LogP contribution in [0.25, 0.3) is 10.2 Å².